The first-order valence-corrected chi connectivity index (χ1v) is 12.6. The average Bonchev–Trinajstić information content (AvgIpc) is 3.56. The largest absolute Gasteiger partial charge is 0.252 e. The molecule has 0 amide bonds. The normalized spacial score (nSPS) is 11.4. The maximum Gasteiger partial charge on any atom is 0.155 e. The van der Waals surface area contributed by atoms with E-state index in [1.807, 2.05) is 24.3 Å². The van der Waals surface area contributed by atoms with Gasteiger partial charge in [-0.1, -0.05) is 22.7 Å². The van der Waals surface area contributed by atoms with E-state index < -0.39 is 0 Å². The highest BCUT2D eigenvalue weighted by Crippen LogP contribution is 2.42. The highest BCUT2D eigenvalue weighted by atomic mass is 32.1. The Labute approximate surface area is 196 Å². The molecule has 0 saturated heterocycles. The zero-order valence-electron chi connectivity index (χ0n) is 16.0. The first-order chi connectivity index (χ1) is 15.6. The summed E-state index contributed by atoms with van der Waals surface area (Å²) in [5, 5.41) is 1.82. The van der Waals surface area contributed by atoms with Crippen molar-refractivity contribution in [2.24, 2.45) is 0 Å². The third-order valence-corrected chi connectivity index (χ3v) is 9.15. The third kappa shape index (κ3) is 3.65. The molecule has 6 rings (SSSR count). The number of rotatable bonds is 4. The van der Waals surface area contributed by atoms with Gasteiger partial charge in [-0.3, -0.25) is 9.97 Å². The Balaban J connectivity index is 1.27. The van der Waals surface area contributed by atoms with Gasteiger partial charge in [0.05, 0.1) is 43.3 Å². The molecule has 6 aromatic heterocycles. The molecule has 0 radical (unpaired) electrons. The van der Waals surface area contributed by atoms with Crippen LogP contribution in [0.4, 0.5) is 8.78 Å². The minimum atomic E-state index is -0.348. The molecule has 0 aliphatic rings. The van der Waals surface area contributed by atoms with Crippen molar-refractivity contribution in [3.63, 3.8) is 0 Å². The Hall–Kier alpha value is -2.92. The van der Waals surface area contributed by atoms with Crippen molar-refractivity contribution in [2.75, 3.05) is 0 Å². The molecule has 0 atom stereocenters. The van der Waals surface area contributed by atoms with Crippen molar-refractivity contribution in [2.45, 2.75) is 0 Å². The predicted octanol–water partition coefficient (Wildman–Crippen LogP) is 7.61. The number of thiophene rings is 2. The smallest absolute Gasteiger partial charge is 0.155 e. The van der Waals surface area contributed by atoms with Crippen molar-refractivity contribution in [1.29, 1.82) is 0 Å². The first kappa shape index (κ1) is 19.7. The molecule has 0 aliphatic carbocycles. The van der Waals surface area contributed by atoms with Crippen LogP contribution in [0.5, 0.6) is 0 Å². The van der Waals surface area contributed by atoms with Gasteiger partial charge in [0.15, 0.2) is 9.66 Å². The third-order valence-electron chi connectivity index (χ3n) is 4.57. The molecule has 0 spiro atoms. The summed E-state index contributed by atoms with van der Waals surface area (Å²) in [6.45, 7) is 0. The fourth-order valence-corrected chi connectivity index (χ4v) is 7.19. The fourth-order valence-electron chi connectivity index (χ4n) is 3.08. The molecule has 0 aromatic carbocycles. The van der Waals surface area contributed by atoms with Gasteiger partial charge in [0, 0.05) is 0 Å². The van der Waals surface area contributed by atoms with Crippen LogP contribution in [0.2, 0.25) is 0 Å². The van der Waals surface area contributed by atoms with Crippen LogP contribution in [0.3, 0.4) is 0 Å². The molecule has 4 nitrogen and oxygen atoms in total. The Morgan fingerprint density at radius 3 is 1.34 bits per heavy atom. The summed E-state index contributed by atoms with van der Waals surface area (Å²) in [7, 11) is 0. The van der Waals surface area contributed by atoms with E-state index in [1.165, 1.54) is 24.5 Å². The van der Waals surface area contributed by atoms with Crippen molar-refractivity contribution in [1.82, 2.24) is 19.9 Å². The molecule has 0 bridgehead atoms. The molecule has 156 valence electrons. The number of fused-ring (bicyclic) bond motifs is 1. The Morgan fingerprint density at radius 1 is 0.500 bits per heavy atom. The molecule has 6 aromatic rings. The monoisotopic (exact) mass is 496 g/mol. The quantitative estimate of drug-likeness (QED) is 0.252. The number of nitrogens with zero attached hydrogens (tertiary/aromatic N) is 4. The first-order valence-electron chi connectivity index (χ1n) is 9.34. The van der Waals surface area contributed by atoms with Gasteiger partial charge in [0.25, 0.3) is 0 Å². The van der Waals surface area contributed by atoms with E-state index in [1.54, 1.807) is 57.5 Å². The number of halogens is 2. The van der Waals surface area contributed by atoms with Crippen molar-refractivity contribution in [3.05, 3.63) is 72.6 Å². The van der Waals surface area contributed by atoms with E-state index in [0.717, 1.165) is 50.6 Å². The van der Waals surface area contributed by atoms with Crippen LogP contribution in [-0.4, -0.2) is 19.9 Å². The van der Waals surface area contributed by atoms with Crippen LogP contribution in [0.1, 0.15) is 0 Å². The maximum atomic E-state index is 13.1. The standard InChI is InChI=1S/C22H10F2N4S4/c23-11-1-3-13(25-9-11)15-5-7-17(29-15)19-27-21-22(31-19)28-20(32-21)18-8-6-16(30-18)14-4-2-12(24)10-26-14/h1-10H. The lowest BCUT2D eigenvalue weighted by molar-refractivity contribution is 0.621. The lowest BCUT2D eigenvalue weighted by Crippen LogP contribution is -1.80. The number of pyridine rings is 2. The minimum absolute atomic E-state index is 0.348. The van der Waals surface area contributed by atoms with Crippen LogP contribution in [0, 0.1) is 11.6 Å². The van der Waals surface area contributed by atoms with Gasteiger partial charge in [-0.2, -0.15) is 0 Å². The van der Waals surface area contributed by atoms with E-state index in [2.05, 4.69) is 9.97 Å². The van der Waals surface area contributed by atoms with E-state index >= 15 is 0 Å². The zero-order chi connectivity index (χ0) is 21.7. The SMILES string of the molecule is Fc1ccc(-c2ccc(-c3nc4sc(-c5ccc(-c6ccc(F)cn6)s5)nc4s3)s2)nc1. The van der Waals surface area contributed by atoms with Gasteiger partial charge in [0.1, 0.15) is 21.6 Å². The van der Waals surface area contributed by atoms with Gasteiger partial charge < -0.3 is 0 Å². The highest BCUT2D eigenvalue weighted by molar-refractivity contribution is 7.32. The summed E-state index contributed by atoms with van der Waals surface area (Å²) in [4.78, 5) is 23.6. The Bertz CT molecular complexity index is 1400. The van der Waals surface area contributed by atoms with Gasteiger partial charge in [-0.05, 0) is 48.5 Å². The molecule has 0 N–H and O–H groups in total. The highest BCUT2D eigenvalue weighted by Gasteiger charge is 2.16. The van der Waals surface area contributed by atoms with Crippen LogP contribution >= 0.6 is 45.3 Å². The molecule has 0 saturated carbocycles. The second-order valence-electron chi connectivity index (χ2n) is 6.70. The van der Waals surface area contributed by atoms with Crippen LogP contribution in [0.25, 0.3) is 50.6 Å². The molecule has 6 heterocycles. The van der Waals surface area contributed by atoms with Crippen molar-refractivity contribution in [3.8, 4) is 40.9 Å². The van der Waals surface area contributed by atoms with Crippen LogP contribution in [0.15, 0.2) is 60.9 Å². The maximum absolute atomic E-state index is 13.1. The predicted molar refractivity (Wildman–Crippen MR) is 128 cm³/mol. The second kappa shape index (κ2) is 7.89. The van der Waals surface area contributed by atoms with Gasteiger partial charge in [-0.25, -0.2) is 18.7 Å². The molecule has 10 heteroatoms. The van der Waals surface area contributed by atoms with Crippen LogP contribution in [-0.2, 0) is 0 Å². The summed E-state index contributed by atoms with van der Waals surface area (Å²) >= 11 is 6.25. The van der Waals surface area contributed by atoms with Gasteiger partial charge >= 0.3 is 0 Å². The molecule has 0 aliphatic heterocycles. The van der Waals surface area contributed by atoms with E-state index in [9.17, 15) is 8.78 Å². The lowest BCUT2D eigenvalue weighted by atomic mass is 10.3. The molecule has 0 unspecified atom stereocenters. The van der Waals surface area contributed by atoms with E-state index in [4.69, 9.17) is 9.97 Å². The second-order valence-corrected chi connectivity index (χ2v) is 10.8. The topological polar surface area (TPSA) is 51.6 Å². The number of aromatic nitrogens is 4. The summed E-state index contributed by atoms with van der Waals surface area (Å²) in [5.41, 5.74) is 1.48. The molecule has 0 fully saturated rings. The molecular weight excluding hydrogens is 487 g/mol. The minimum Gasteiger partial charge on any atom is -0.252 e. The Kier molecular flexibility index (Phi) is 4.87. The fraction of sp³-hybridized carbons (Fsp3) is 0. The van der Waals surface area contributed by atoms with E-state index in [-0.39, 0.29) is 11.6 Å². The summed E-state index contributed by atoms with van der Waals surface area (Å²) < 4.78 is 26.2. The number of hydrogen-bond donors (Lipinski definition) is 0. The van der Waals surface area contributed by atoms with E-state index in [0.29, 0.717) is 0 Å². The van der Waals surface area contributed by atoms with Gasteiger partial charge in [0.2, 0.25) is 0 Å². The summed E-state index contributed by atoms with van der Waals surface area (Å²) in [6.07, 6.45) is 2.45. The number of thiazole rings is 2. The zero-order valence-corrected chi connectivity index (χ0v) is 19.2. The van der Waals surface area contributed by atoms with Crippen LogP contribution < -0.4 is 0 Å². The molecule has 32 heavy (non-hydrogen) atoms. The summed E-state index contributed by atoms with van der Waals surface area (Å²) in [6, 6.07) is 14.1. The van der Waals surface area contributed by atoms with Gasteiger partial charge in [-0.15, -0.1) is 22.7 Å². The average molecular weight is 497 g/mol. The van der Waals surface area contributed by atoms with Crippen molar-refractivity contribution < 1.29 is 8.78 Å². The summed E-state index contributed by atoms with van der Waals surface area (Å²) in [5.74, 6) is -0.696. The number of hydrogen-bond acceptors (Lipinski definition) is 8. The lowest BCUT2D eigenvalue weighted by Gasteiger charge is -1.95. The molecular formula is C22H10F2N4S4. The Morgan fingerprint density at radius 2 is 0.938 bits per heavy atom. The van der Waals surface area contributed by atoms with Crippen molar-refractivity contribution >= 4 is 55.0 Å².